The van der Waals surface area contributed by atoms with Crippen LogP contribution in [0.5, 0.6) is 0 Å². The molecule has 5 nitrogen and oxygen atoms in total. The Morgan fingerprint density at radius 2 is 1.79 bits per heavy atom. The first kappa shape index (κ1) is 25.7. The number of hydrogen-bond acceptors (Lipinski definition) is 4. The Labute approximate surface area is 224 Å². The lowest BCUT2D eigenvalue weighted by molar-refractivity contribution is -0.137. The van der Waals surface area contributed by atoms with Crippen molar-refractivity contribution in [1.29, 1.82) is 0 Å². The highest BCUT2D eigenvalue weighted by atomic mass is 16.5. The van der Waals surface area contributed by atoms with Crippen molar-refractivity contribution in [2.45, 2.75) is 45.8 Å². The molecule has 1 fully saturated rings. The lowest BCUT2D eigenvalue weighted by Gasteiger charge is -2.23. The first-order valence-electron chi connectivity index (χ1n) is 13.5. The van der Waals surface area contributed by atoms with Gasteiger partial charge in [0.15, 0.2) is 6.23 Å². The van der Waals surface area contributed by atoms with Crippen LogP contribution in [-0.4, -0.2) is 29.0 Å². The summed E-state index contributed by atoms with van der Waals surface area (Å²) in [5.41, 5.74) is 8.01. The van der Waals surface area contributed by atoms with Crippen molar-refractivity contribution in [2.24, 2.45) is 0 Å². The minimum absolute atomic E-state index is 0.00726. The van der Waals surface area contributed by atoms with Crippen molar-refractivity contribution in [2.75, 3.05) is 13.2 Å². The van der Waals surface area contributed by atoms with Gasteiger partial charge in [0.25, 0.3) is 0 Å². The smallest absolute Gasteiger partial charge is 0.330 e. The van der Waals surface area contributed by atoms with Crippen LogP contribution in [0.25, 0.3) is 28.1 Å². The summed E-state index contributed by atoms with van der Waals surface area (Å²) in [7, 11) is 0. The summed E-state index contributed by atoms with van der Waals surface area (Å²) in [6, 6.07) is 25.5. The van der Waals surface area contributed by atoms with E-state index in [1.165, 1.54) is 29.2 Å². The Bertz CT molecular complexity index is 1440. The van der Waals surface area contributed by atoms with Gasteiger partial charge in [0.2, 0.25) is 0 Å². The van der Waals surface area contributed by atoms with Crippen molar-refractivity contribution in [3.05, 3.63) is 107 Å². The molecule has 3 aromatic carbocycles. The number of esters is 1. The van der Waals surface area contributed by atoms with E-state index in [1.54, 1.807) is 13.0 Å². The van der Waals surface area contributed by atoms with E-state index in [-0.39, 0.29) is 12.2 Å². The summed E-state index contributed by atoms with van der Waals surface area (Å²) >= 11 is 0. The molecule has 194 valence electrons. The number of hydrogen-bond donors (Lipinski definition) is 0. The van der Waals surface area contributed by atoms with Gasteiger partial charge in [0.05, 0.1) is 18.3 Å². The minimum Gasteiger partial charge on any atom is -0.463 e. The maximum absolute atomic E-state index is 11.7. The van der Waals surface area contributed by atoms with Gasteiger partial charge in [-0.3, -0.25) is 0 Å². The standard InChI is InChI=1S/C33H34N2O3/c1-3-29(25-10-6-5-7-11-25)33(26-16-13-24(14-17-26)15-20-32(36)37-4-2)27-18-19-30-28(22-27)23-34-35(30)31-12-8-9-21-38-31/h5-7,10-11,13-20,22-23,31H,3-4,8-9,12,21H2,1-2H3/b20-15+,33-29+. The lowest BCUT2D eigenvalue weighted by atomic mass is 9.87. The molecule has 5 rings (SSSR count). The number of carbonyl (C=O) groups is 1. The molecule has 0 radical (unpaired) electrons. The Morgan fingerprint density at radius 3 is 2.50 bits per heavy atom. The molecule has 1 unspecified atom stereocenters. The van der Waals surface area contributed by atoms with Crippen LogP contribution < -0.4 is 0 Å². The Kier molecular flexibility index (Phi) is 8.15. The lowest BCUT2D eigenvalue weighted by Crippen LogP contribution is -2.18. The van der Waals surface area contributed by atoms with Crippen molar-refractivity contribution < 1.29 is 14.3 Å². The van der Waals surface area contributed by atoms with E-state index in [0.29, 0.717) is 6.61 Å². The van der Waals surface area contributed by atoms with Gasteiger partial charge in [-0.05, 0) is 84.2 Å². The third-order valence-electron chi connectivity index (χ3n) is 6.99. The van der Waals surface area contributed by atoms with Crippen LogP contribution in [0.2, 0.25) is 0 Å². The molecule has 0 aliphatic carbocycles. The minimum atomic E-state index is -0.331. The molecule has 1 aliphatic rings. The molecule has 0 spiro atoms. The van der Waals surface area contributed by atoms with Gasteiger partial charge in [-0.2, -0.15) is 5.10 Å². The zero-order valence-corrected chi connectivity index (χ0v) is 22.1. The van der Waals surface area contributed by atoms with Crippen LogP contribution in [0.1, 0.15) is 68.0 Å². The summed E-state index contributed by atoms with van der Waals surface area (Å²) in [5.74, 6) is -0.331. The number of fused-ring (bicyclic) bond motifs is 1. The average molecular weight is 507 g/mol. The fourth-order valence-corrected chi connectivity index (χ4v) is 5.15. The van der Waals surface area contributed by atoms with Crippen molar-refractivity contribution in [1.82, 2.24) is 9.78 Å². The predicted octanol–water partition coefficient (Wildman–Crippen LogP) is 7.68. The van der Waals surface area contributed by atoms with Crippen LogP contribution in [0.15, 0.2) is 85.1 Å². The van der Waals surface area contributed by atoms with Gasteiger partial charge in [0, 0.05) is 18.1 Å². The van der Waals surface area contributed by atoms with Gasteiger partial charge in [0.1, 0.15) is 0 Å². The molecule has 0 N–H and O–H groups in total. The van der Waals surface area contributed by atoms with Crippen molar-refractivity contribution in [3.8, 4) is 0 Å². The summed E-state index contributed by atoms with van der Waals surface area (Å²) in [6.07, 6.45) is 9.38. The van der Waals surface area contributed by atoms with Gasteiger partial charge in [-0.25, -0.2) is 9.48 Å². The van der Waals surface area contributed by atoms with E-state index >= 15 is 0 Å². The largest absolute Gasteiger partial charge is 0.463 e. The number of carbonyl (C=O) groups excluding carboxylic acids is 1. The van der Waals surface area contributed by atoms with Crippen molar-refractivity contribution >= 4 is 34.1 Å². The number of rotatable bonds is 8. The number of aromatic nitrogens is 2. The third kappa shape index (κ3) is 5.63. The fraction of sp³-hybridized carbons (Fsp3) is 0.273. The zero-order valence-electron chi connectivity index (χ0n) is 22.1. The second-order valence-corrected chi connectivity index (χ2v) is 9.46. The Balaban J connectivity index is 1.57. The normalized spacial score (nSPS) is 16.5. The van der Waals surface area contributed by atoms with E-state index in [9.17, 15) is 4.79 Å². The highest BCUT2D eigenvalue weighted by molar-refractivity contribution is 6.00. The molecule has 1 atom stereocenters. The molecular formula is C33H34N2O3. The van der Waals surface area contributed by atoms with Crippen molar-refractivity contribution in [3.63, 3.8) is 0 Å². The maximum Gasteiger partial charge on any atom is 0.330 e. The van der Waals surface area contributed by atoms with Crippen LogP contribution in [0.3, 0.4) is 0 Å². The van der Waals surface area contributed by atoms with E-state index in [1.807, 2.05) is 23.0 Å². The van der Waals surface area contributed by atoms with E-state index in [4.69, 9.17) is 14.6 Å². The fourth-order valence-electron chi connectivity index (χ4n) is 5.15. The SMILES string of the molecule is CCOC(=O)/C=C/c1ccc(/C(=C(/CC)c2ccccc2)c2ccc3c(cnn3C3CCCCO3)c2)cc1. The molecule has 4 aromatic rings. The van der Waals surface area contributed by atoms with Gasteiger partial charge >= 0.3 is 5.97 Å². The van der Waals surface area contributed by atoms with Crippen LogP contribution in [-0.2, 0) is 14.3 Å². The highest BCUT2D eigenvalue weighted by Crippen LogP contribution is 2.36. The van der Waals surface area contributed by atoms with E-state index in [2.05, 4.69) is 67.6 Å². The van der Waals surface area contributed by atoms with Crippen LogP contribution in [0, 0.1) is 0 Å². The molecular weight excluding hydrogens is 472 g/mol. The first-order chi connectivity index (χ1) is 18.7. The van der Waals surface area contributed by atoms with E-state index in [0.717, 1.165) is 53.5 Å². The van der Waals surface area contributed by atoms with Crippen LogP contribution >= 0.6 is 0 Å². The molecule has 1 aromatic heterocycles. The molecule has 0 amide bonds. The molecule has 5 heteroatoms. The third-order valence-corrected chi connectivity index (χ3v) is 6.99. The Hall–Kier alpha value is -3.96. The maximum atomic E-state index is 11.7. The molecule has 0 bridgehead atoms. The molecule has 2 heterocycles. The monoisotopic (exact) mass is 506 g/mol. The molecule has 0 saturated carbocycles. The average Bonchev–Trinajstić information content (AvgIpc) is 3.39. The zero-order chi connectivity index (χ0) is 26.3. The number of allylic oxidation sites excluding steroid dienone is 1. The molecule has 38 heavy (non-hydrogen) atoms. The summed E-state index contributed by atoms with van der Waals surface area (Å²) in [5, 5.41) is 5.81. The van der Waals surface area contributed by atoms with Gasteiger partial charge in [-0.1, -0.05) is 67.6 Å². The van der Waals surface area contributed by atoms with Gasteiger partial charge in [-0.15, -0.1) is 0 Å². The topological polar surface area (TPSA) is 53.3 Å². The van der Waals surface area contributed by atoms with Crippen LogP contribution in [0.4, 0.5) is 0 Å². The summed E-state index contributed by atoms with van der Waals surface area (Å²) in [6.45, 7) is 5.17. The number of ether oxygens (including phenoxy) is 2. The quantitative estimate of drug-likeness (QED) is 0.140. The Morgan fingerprint density at radius 1 is 1.00 bits per heavy atom. The van der Waals surface area contributed by atoms with E-state index < -0.39 is 0 Å². The second-order valence-electron chi connectivity index (χ2n) is 9.46. The highest BCUT2D eigenvalue weighted by Gasteiger charge is 2.20. The summed E-state index contributed by atoms with van der Waals surface area (Å²) < 4.78 is 13.0. The van der Waals surface area contributed by atoms with Gasteiger partial charge < -0.3 is 9.47 Å². The second kappa shape index (κ2) is 12.1. The molecule has 1 aliphatic heterocycles. The molecule has 1 saturated heterocycles. The number of nitrogens with zero attached hydrogens (tertiary/aromatic N) is 2. The predicted molar refractivity (Wildman–Crippen MR) is 153 cm³/mol. The first-order valence-corrected chi connectivity index (χ1v) is 13.5. The summed E-state index contributed by atoms with van der Waals surface area (Å²) in [4.78, 5) is 11.7. The number of benzene rings is 3.